The average molecular weight is 645 g/mol. The molecule has 0 saturated heterocycles. The molecule has 0 amide bonds. The number of carbonyl (C=O) groups excluding carboxylic acids is 4. The fourth-order valence-corrected chi connectivity index (χ4v) is 4.47. The maximum atomic E-state index is 12.5. The van der Waals surface area contributed by atoms with Gasteiger partial charge in [-0.3, -0.25) is 19.2 Å². The van der Waals surface area contributed by atoms with Crippen LogP contribution in [0, 0.1) is 0 Å². The van der Waals surface area contributed by atoms with E-state index in [1.54, 1.807) is 54.6 Å². The minimum atomic E-state index is -0.448. The van der Waals surface area contributed by atoms with Gasteiger partial charge in [-0.25, -0.2) is 0 Å². The molecule has 9 heteroatoms. The highest BCUT2D eigenvalue weighted by Crippen LogP contribution is 2.37. The highest BCUT2D eigenvalue weighted by Gasteiger charge is 2.12. The molecule has 9 nitrogen and oxygen atoms in total. The molecule has 4 aromatic carbocycles. The molecule has 0 fully saturated rings. The summed E-state index contributed by atoms with van der Waals surface area (Å²) in [4.78, 5) is 49.4. The van der Waals surface area contributed by atoms with Gasteiger partial charge in [-0.05, 0) is 95.1 Å². The molecule has 0 aliphatic carbocycles. The van der Waals surface area contributed by atoms with Crippen molar-refractivity contribution < 1.29 is 44.3 Å². The molecule has 0 aromatic heterocycles. The summed E-state index contributed by atoms with van der Waals surface area (Å²) in [6, 6.07) is 19.9. The zero-order chi connectivity index (χ0) is 34.6. The lowest BCUT2D eigenvalue weighted by atomic mass is 9.98. The van der Waals surface area contributed by atoms with Crippen molar-refractivity contribution in [2.75, 3.05) is 7.11 Å². The van der Waals surface area contributed by atoms with Crippen LogP contribution in [0.5, 0.6) is 28.7 Å². The monoisotopic (exact) mass is 644 g/mol. The number of ether oxygens (including phenoxy) is 1. The van der Waals surface area contributed by atoms with Gasteiger partial charge in [-0.1, -0.05) is 54.6 Å². The summed E-state index contributed by atoms with van der Waals surface area (Å²) in [5, 5.41) is 40.2. The molecule has 0 heterocycles. The van der Waals surface area contributed by atoms with Crippen LogP contribution in [-0.4, -0.2) is 50.7 Å². The van der Waals surface area contributed by atoms with Crippen LogP contribution < -0.4 is 4.74 Å². The van der Waals surface area contributed by atoms with Crippen LogP contribution in [0.3, 0.4) is 0 Å². The summed E-state index contributed by atoms with van der Waals surface area (Å²) >= 11 is 0. The van der Waals surface area contributed by atoms with Crippen molar-refractivity contribution >= 4 is 47.4 Å². The number of allylic oxidation sites excluding steroid dienone is 4. The van der Waals surface area contributed by atoms with Gasteiger partial charge in [0.15, 0.2) is 34.6 Å². The highest BCUT2D eigenvalue weighted by molar-refractivity contribution is 6.11. The zero-order valence-corrected chi connectivity index (χ0v) is 25.9. The Hall–Kier alpha value is -6.48. The Labute approximate surface area is 276 Å². The van der Waals surface area contributed by atoms with Crippen LogP contribution in [0.4, 0.5) is 0 Å². The summed E-state index contributed by atoms with van der Waals surface area (Å²) in [6.07, 6.45) is 10.4. The molecule has 4 N–H and O–H groups in total. The third-order valence-corrected chi connectivity index (χ3v) is 6.97. The predicted molar refractivity (Wildman–Crippen MR) is 183 cm³/mol. The number of ketones is 4. The molecule has 0 unspecified atom stereocenters. The van der Waals surface area contributed by atoms with Gasteiger partial charge >= 0.3 is 0 Å². The van der Waals surface area contributed by atoms with Gasteiger partial charge in [-0.2, -0.15) is 0 Å². The van der Waals surface area contributed by atoms with Crippen LogP contribution in [0.15, 0.2) is 103 Å². The molecular weight excluding hydrogens is 612 g/mol. The first-order chi connectivity index (χ1) is 23.0. The van der Waals surface area contributed by atoms with Gasteiger partial charge in [0.1, 0.15) is 17.2 Å². The van der Waals surface area contributed by atoms with Gasteiger partial charge in [-0.15, -0.1) is 0 Å². The summed E-state index contributed by atoms with van der Waals surface area (Å²) in [5.41, 5.74) is 2.88. The molecule has 242 valence electrons. The molecule has 0 spiro atoms. The number of methoxy groups -OCH3 is 1. The van der Waals surface area contributed by atoms with Crippen LogP contribution in [0.1, 0.15) is 35.1 Å². The lowest BCUT2D eigenvalue weighted by Crippen LogP contribution is -2.02. The number of hydrogen-bond acceptors (Lipinski definition) is 9. The summed E-state index contributed by atoms with van der Waals surface area (Å²) in [6.45, 7) is 0. The van der Waals surface area contributed by atoms with E-state index in [2.05, 4.69) is 0 Å². The second-order valence-corrected chi connectivity index (χ2v) is 10.6. The van der Waals surface area contributed by atoms with Crippen molar-refractivity contribution in [2.24, 2.45) is 0 Å². The van der Waals surface area contributed by atoms with E-state index in [1.807, 2.05) is 0 Å². The maximum Gasteiger partial charge on any atom is 0.163 e. The molecule has 0 bridgehead atoms. The molecule has 0 radical (unpaired) electrons. The molecule has 4 aromatic rings. The Kier molecular flexibility index (Phi) is 11.6. The average Bonchev–Trinajstić information content (AvgIpc) is 3.07. The van der Waals surface area contributed by atoms with Gasteiger partial charge in [0.2, 0.25) is 0 Å². The van der Waals surface area contributed by atoms with E-state index in [0.717, 1.165) is 0 Å². The molecule has 0 aliphatic heterocycles. The standard InChI is InChI=1S/C39H32O9/c1-48-39-22-28(10-19-38(39)47)7-16-33(44)24-32(43)15-6-27-9-18-37(46)35(21-27)34-20-26(8-17-36(34)45)5-14-31(42)23-30(41)13-4-25-2-11-29(40)12-3-25/h2-22,40,45-47H,23-24H2,1H3/b13-4+,14-5+,15-6+,16-7+. The largest absolute Gasteiger partial charge is 0.508 e. The smallest absolute Gasteiger partial charge is 0.163 e. The highest BCUT2D eigenvalue weighted by atomic mass is 16.5. The number of phenols is 4. The van der Waals surface area contributed by atoms with Crippen molar-refractivity contribution in [1.29, 1.82) is 0 Å². The first-order valence-corrected chi connectivity index (χ1v) is 14.7. The van der Waals surface area contributed by atoms with Crippen molar-refractivity contribution in [2.45, 2.75) is 12.8 Å². The lowest BCUT2D eigenvalue weighted by molar-refractivity contribution is -0.123. The fraction of sp³-hybridized carbons (Fsp3) is 0.0769. The number of phenolic OH excluding ortho intramolecular Hbond substituents is 4. The number of carbonyl (C=O) groups is 4. The lowest BCUT2D eigenvalue weighted by Gasteiger charge is -2.09. The van der Waals surface area contributed by atoms with Crippen molar-refractivity contribution in [3.63, 3.8) is 0 Å². The van der Waals surface area contributed by atoms with E-state index in [9.17, 15) is 39.6 Å². The van der Waals surface area contributed by atoms with Crippen molar-refractivity contribution in [3.05, 3.63) is 125 Å². The van der Waals surface area contributed by atoms with Crippen LogP contribution >= 0.6 is 0 Å². The number of aromatic hydroxyl groups is 4. The maximum absolute atomic E-state index is 12.5. The fourth-order valence-electron chi connectivity index (χ4n) is 4.47. The Morgan fingerprint density at radius 1 is 0.500 bits per heavy atom. The van der Waals surface area contributed by atoms with Crippen molar-refractivity contribution in [3.8, 4) is 39.9 Å². The Morgan fingerprint density at radius 3 is 1.27 bits per heavy atom. The van der Waals surface area contributed by atoms with Crippen molar-refractivity contribution in [1.82, 2.24) is 0 Å². The summed E-state index contributed by atoms with van der Waals surface area (Å²) in [7, 11) is 1.41. The summed E-state index contributed by atoms with van der Waals surface area (Å²) < 4.78 is 5.04. The van der Waals surface area contributed by atoms with Crippen LogP contribution in [-0.2, 0) is 19.2 Å². The Bertz CT molecular complexity index is 1960. The van der Waals surface area contributed by atoms with E-state index in [-0.39, 0.29) is 52.7 Å². The van der Waals surface area contributed by atoms with Gasteiger partial charge in [0.25, 0.3) is 0 Å². The molecule has 0 saturated carbocycles. The van der Waals surface area contributed by atoms with Gasteiger partial charge in [0.05, 0.1) is 20.0 Å². The second kappa shape index (κ2) is 16.2. The third kappa shape index (κ3) is 10.0. The molecule has 0 atom stereocenters. The number of hydrogen-bond donors (Lipinski definition) is 4. The first kappa shape index (κ1) is 34.4. The van der Waals surface area contributed by atoms with E-state index in [0.29, 0.717) is 22.3 Å². The Balaban J connectivity index is 1.39. The first-order valence-electron chi connectivity index (χ1n) is 14.7. The quantitative estimate of drug-likeness (QED) is 0.0866. The van der Waals surface area contributed by atoms with E-state index in [1.165, 1.54) is 80.0 Å². The zero-order valence-electron chi connectivity index (χ0n) is 25.9. The number of benzene rings is 4. The molecule has 48 heavy (non-hydrogen) atoms. The number of rotatable bonds is 14. The minimum Gasteiger partial charge on any atom is -0.508 e. The van der Waals surface area contributed by atoms with E-state index < -0.39 is 23.1 Å². The molecule has 0 aliphatic rings. The van der Waals surface area contributed by atoms with Gasteiger partial charge in [0, 0.05) is 11.1 Å². The second-order valence-electron chi connectivity index (χ2n) is 10.6. The van der Waals surface area contributed by atoms with Crippen LogP contribution in [0.25, 0.3) is 35.4 Å². The molecular formula is C39H32O9. The normalized spacial score (nSPS) is 11.5. The van der Waals surface area contributed by atoms with Gasteiger partial charge < -0.3 is 25.2 Å². The Morgan fingerprint density at radius 2 is 0.854 bits per heavy atom. The van der Waals surface area contributed by atoms with E-state index in [4.69, 9.17) is 4.74 Å². The van der Waals surface area contributed by atoms with E-state index >= 15 is 0 Å². The molecule has 4 rings (SSSR count). The summed E-state index contributed by atoms with van der Waals surface area (Å²) in [5.74, 6) is -1.65. The minimum absolute atomic E-state index is 0.0344. The topological polar surface area (TPSA) is 158 Å². The SMILES string of the molecule is COc1cc(/C=C/C(=O)CC(=O)/C=C/c2ccc(O)c(-c3cc(/C=C/C(=O)CC(=O)/C=C/c4ccc(O)cc4)ccc3O)c2)ccc1O. The third-order valence-electron chi connectivity index (χ3n) is 6.97. The van der Waals surface area contributed by atoms with Crippen LogP contribution in [0.2, 0.25) is 0 Å². The predicted octanol–water partition coefficient (Wildman–Crippen LogP) is 6.69.